The molecule has 0 aliphatic carbocycles. The molecule has 0 fully saturated rings. The number of aromatic nitrogens is 2. The molecule has 0 saturated heterocycles. The van der Waals surface area contributed by atoms with Crippen LogP contribution in [0.1, 0.15) is 11.1 Å². The predicted molar refractivity (Wildman–Crippen MR) is 69.4 cm³/mol. The van der Waals surface area contributed by atoms with Gasteiger partial charge in [0, 0.05) is 7.05 Å². The van der Waals surface area contributed by atoms with Crippen LogP contribution in [-0.4, -0.2) is 17.2 Å². The molecule has 16 heavy (non-hydrogen) atoms. The zero-order valence-corrected chi connectivity index (χ0v) is 10.9. The maximum absolute atomic E-state index is 6.10. The van der Waals surface area contributed by atoms with E-state index in [1.54, 1.807) is 11.3 Å². The fourth-order valence-electron chi connectivity index (χ4n) is 1.52. The van der Waals surface area contributed by atoms with Crippen LogP contribution in [-0.2, 0) is 0 Å². The van der Waals surface area contributed by atoms with Crippen molar-refractivity contribution in [2.75, 3.05) is 12.4 Å². The Morgan fingerprint density at radius 1 is 1.25 bits per heavy atom. The molecule has 0 radical (unpaired) electrons. The SMILES string of the molecule is CNc1nnc(-c2sccc2Cl)c(C)c1C. The first-order valence-electron chi connectivity index (χ1n) is 4.90. The molecular formula is C11H12ClN3S. The van der Waals surface area contributed by atoms with Crippen molar-refractivity contribution in [1.29, 1.82) is 0 Å². The molecule has 0 aliphatic heterocycles. The van der Waals surface area contributed by atoms with Crippen LogP contribution in [0.5, 0.6) is 0 Å². The van der Waals surface area contributed by atoms with Crippen LogP contribution in [0.25, 0.3) is 10.6 Å². The predicted octanol–water partition coefficient (Wildman–Crippen LogP) is 3.52. The lowest BCUT2D eigenvalue weighted by Gasteiger charge is -2.09. The molecule has 84 valence electrons. The van der Waals surface area contributed by atoms with Gasteiger partial charge in [-0.1, -0.05) is 11.6 Å². The third-order valence-corrected chi connectivity index (χ3v) is 3.94. The quantitative estimate of drug-likeness (QED) is 0.890. The normalized spacial score (nSPS) is 10.5. The Morgan fingerprint density at radius 2 is 2.00 bits per heavy atom. The summed E-state index contributed by atoms with van der Waals surface area (Å²) in [6.45, 7) is 4.07. The highest BCUT2D eigenvalue weighted by Crippen LogP contribution is 2.35. The lowest BCUT2D eigenvalue weighted by Crippen LogP contribution is -2.02. The van der Waals surface area contributed by atoms with E-state index >= 15 is 0 Å². The van der Waals surface area contributed by atoms with Crippen molar-refractivity contribution in [3.05, 3.63) is 27.6 Å². The molecule has 2 aromatic heterocycles. The lowest BCUT2D eigenvalue weighted by molar-refractivity contribution is 1.01. The number of thiophene rings is 1. The molecule has 2 rings (SSSR count). The van der Waals surface area contributed by atoms with Gasteiger partial charge in [-0.05, 0) is 36.4 Å². The molecule has 0 spiro atoms. The van der Waals surface area contributed by atoms with Crippen LogP contribution in [0, 0.1) is 13.8 Å². The van der Waals surface area contributed by atoms with Crippen LogP contribution < -0.4 is 5.32 Å². The average Bonchev–Trinajstić information content (AvgIpc) is 2.69. The largest absolute Gasteiger partial charge is 0.371 e. The Kier molecular flexibility index (Phi) is 3.12. The van der Waals surface area contributed by atoms with Gasteiger partial charge >= 0.3 is 0 Å². The summed E-state index contributed by atoms with van der Waals surface area (Å²) in [6, 6.07) is 1.88. The number of hydrogen-bond acceptors (Lipinski definition) is 4. The highest BCUT2D eigenvalue weighted by molar-refractivity contribution is 7.14. The second-order valence-corrected chi connectivity index (χ2v) is 4.82. The van der Waals surface area contributed by atoms with Gasteiger partial charge in [0.25, 0.3) is 0 Å². The molecule has 0 saturated carbocycles. The second kappa shape index (κ2) is 4.39. The van der Waals surface area contributed by atoms with Crippen molar-refractivity contribution in [2.24, 2.45) is 0 Å². The minimum absolute atomic E-state index is 0.735. The molecular weight excluding hydrogens is 242 g/mol. The number of halogens is 1. The lowest BCUT2D eigenvalue weighted by atomic mass is 10.1. The van der Waals surface area contributed by atoms with Crippen LogP contribution in [0.3, 0.4) is 0 Å². The third kappa shape index (κ3) is 1.79. The summed E-state index contributed by atoms with van der Waals surface area (Å²) in [5.74, 6) is 0.814. The van der Waals surface area contributed by atoms with E-state index in [1.165, 1.54) is 0 Å². The second-order valence-electron chi connectivity index (χ2n) is 3.49. The van der Waals surface area contributed by atoms with E-state index in [0.717, 1.165) is 32.5 Å². The summed E-state index contributed by atoms with van der Waals surface area (Å²) in [7, 11) is 1.84. The Balaban J connectivity index is 2.60. The fraction of sp³-hybridized carbons (Fsp3) is 0.273. The highest BCUT2D eigenvalue weighted by atomic mass is 35.5. The van der Waals surface area contributed by atoms with Crippen LogP contribution in [0.15, 0.2) is 11.4 Å². The smallest absolute Gasteiger partial charge is 0.151 e. The van der Waals surface area contributed by atoms with Crippen molar-refractivity contribution in [3.63, 3.8) is 0 Å². The zero-order chi connectivity index (χ0) is 11.7. The highest BCUT2D eigenvalue weighted by Gasteiger charge is 2.13. The van der Waals surface area contributed by atoms with Crippen molar-refractivity contribution < 1.29 is 0 Å². The van der Waals surface area contributed by atoms with E-state index in [0.29, 0.717) is 0 Å². The third-order valence-electron chi connectivity index (χ3n) is 2.59. The van der Waals surface area contributed by atoms with Crippen molar-refractivity contribution in [3.8, 4) is 10.6 Å². The Labute approximate surface area is 103 Å². The van der Waals surface area contributed by atoms with Gasteiger partial charge in [0.2, 0.25) is 0 Å². The van der Waals surface area contributed by atoms with E-state index in [4.69, 9.17) is 11.6 Å². The molecule has 2 heterocycles. The Bertz CT molecular complexity index is 522. The van der Waals surface area contributed by atoms with E-state index in [-0.39, 0.29) is 0 Å². The minimum atomic E-state index is 0.735. The first kappa shape index (κ1) is 11.4. The van der Waals surface area contributed by atoms with Crippen molar-refractivity contribution in [2.45, 2.75) is 13.8 Å². The van der Waals surface area contributed by atoms with Crippen LogP contribution in [0.4, 0.5) is 5.82 Å². The summed E-state index contributed by atoms with van der Waals surface area (Å²) < 4.78 is 0. The van der Waals surface area contributed by atoms with Crippen molar-refractivity contribution >= 4 is 28.8 Å². The molecule has 0 aliphatic rings. The molecule has 2 aromatic rings. The standard InChI is InChI=1S/C11H12ClN3S/c1-6-7(2)11(13-3)15-14-9(6)10-8(12)4-5-16-10/h4-5H,1-3H3,(H,13,15). The first-order chi connectivity index (χ1) is 7.65. The summed E-state index contributed by atoms with van der Waals surface area (Å²) in [6.07, 6.45) is 0. The van der Waals surface area contributed by atoms with Gasteiger partial charge in [0.15, 0.2) is 5.82 Å². The van der Waals surface area contributed by atoms with E-state index in [2.05, 4.69) is 15.5 Å². The van der Waals surface area contributed by atoms with Gasteiger partial charge < -0.3 is 5.32 Å². The molecule has 0 atom stereocenters. The van der Waals surface area contributed by atoms with Crippen LogP contribution >= 0.6 is 22.9 Å². The monoisotopic (exact) mass is 253 g/mol. The molecule has 0 aromatic carbocycles. The van der Waals surface area contributed by atoms with Gasteiger partial charge in [-0.15, -0.1) is 21.5 Å². The summed E-state index contributed by atoms with van der Waals surface area (Å²) in [5.41, 5.74) is 3.09. The number of nitrogens with zero attached hydrogens (tertiary/aromatic N) is 2. The Morgan fingerprint density at radius 3 is 2.56 bits per heavy atom. The molecule has 0 unspecified atom stereocenters. The molecule has 0 amide bonds. The van der Waals surface area contributed by atoms with Gasteiger partial charge in [-0.25, -0.2) is 0 Å². The number of anilines is 1. The molecule has 5 heteroatoms. The van der Waals surface area contributed by atoms with Gasteiger partial charge in [-0.3, -0.25) is 0 Å². The minimum Gasteiger partial charge on any atom is -0.371 e. The maximum Gasteiger partial charge on any atom is 0.151 e. The number of rotatable bonds is 2. The number of nitrogens with one attached hydrogen (secondary N) is 1. The molecule has 3 nitrogen and oxygen atoms in total. The summed E-state index contributed by atoms with van der Waals surface area (Å²) >= 11 is 7.68. The molecule has 0 bridgehead atoms. The first-order valence-corrected chi connectivity index (χ1v) is 6.16. The van der Waals surface area contributed by atoms with Gasteiger partial charge in [0.1, 0.15) is 5.69 Å². The van der Waals surface area contributed by atoms with Crippen LogP contribution in [0.2, 0.25) is 5.02 Å². The van der Waals surface area contributed by atoms with E-state index in [1.807, 2.05) is 32.3 Å². The fourth-order valence-corrected chi connectivity index (χ4v) is 2.71. The summed E-state index contributed by atoms with van der Waals surface area (Å²) in [4.78, 5) is 0.984. The average molecular weight is 254 g/mol. The topological polar surface area (TPSA) is 37.8 Å². The van der Waals surface area contributed by atoms with E-state index in [9.17, 15) is 0 Å². The zero-order valence-electron chi connectivity index (χ0n) is 9.34. The molecule has 1 N–H and O–H groups in total. The Hall–Kier alpha value is -1.13. The van der Waals surface area contributed by atoms with E-state index < -0.39 is 0 Å². The maximum atomic E-state index is 6.10. The summed E-state index contributed by atoms with van der Waals surface area (Å²) in [5, 5.41) is 14.1. The number of hydrogen-bond donors (Lipinski definition) is 1. The van der Waals surface area contributed by atoms with Gasteiger partial charge in [-0.2, -0.15) is 0 Å². The van der Waals surface area contributed by atoms with Gasteiger partial charge in [0.05, 0.1) is 9.90 Å². The van der Waals surface area contributed by atoms with Crippen molar-refractivity contribution in [1.82, 2.24) is 10.2 Å².